The zero-order valence-corrected chi connectivity index (χ0v) is 18.9. The van der Waals surface area contributed by atoms with Gasteiger partial charge in [-0.3, -0.25) is 0 Å². The van der Waals surface area contributed by atoms with E-state index in [4.69, 9.17) is 4.52 Å². The van der Waals surface area contributed by atoms with Crippen LogP contribution in [0, 0.1) is 5.92 Å². The second-order valence-electron chi connectivity index (χ2n) is 9.00. The predicted molar refractivity (Wildman–Crippen MR) is 118 cm³/mol. The van der Waals surface area contributed by atoms with Crippen LogP contribution >= 0.6 is 12.4 Å². The van der Waals surface area contributed by atoms with Crippen LogP contribution in [0.25, 0.3) is 11.5 Å². The van der Waals surface area contributed by atoms with Crippen molar-refractivity contribution in [3.05, 3.63) is 35.7 Å². The molecule has 1 fully saturated rings. The predicted octanol–water partition coefficient (Wildman–Crippen LogP) is 5.90. The van der Waals surface area contributed by atoms with Crippen LogP contribution in [0.3, 0.4) is 0 Å². The summed E-state index contributed by atoms with van der Waals surface area (Å²) in [7, 11) is 0. The third-order valence-electron chi connectivity index (χ3n) is 6.05. The Hall–Kier alpha value is -1.39. The van der Waals surface area contributed by atoms with Crippen LogP contribution in [0.1, 0.15) is 71.7 Å². The molecule has 0 amide bonds. The average Bonchev–Trinajstić information content (AvgIpc) is 3.12. The zero-order chi connectivity index (χ0) is 19.4. The highest BCUT2D eigenvalue weighted by Crippen LogP contribution is 2.27. The summed E-state index contributed by atoms with van der Waals surface area (Å²) < 4.78 is 5.54. The SMILES string of the molecule is CCC(CC)N1CCC(Cc2noc(-c3ccc(C(C)(C)C)cc3)n2)CC1.Cl. The summed E-state index contributed by atoms with van der Waals surface area (Å²) in [5.41, 5.74) is 2.47. The number of rotatable bonds is 6. The standard InChI is InChI=1S/C23H35N3O.ClH/c1-6-20(7-2)26-14-12-17(13-15-26)16-21-24-22(27-25-21)18-8-10-19(11-9-18)23(3,4)5;/h8-11,17,20H,6-7,12-16H2,1-5H3;1H. The molecule has 0 saturated carbocycles. The van der Waals surface area contributed by atoms with Crippen molar-refractivity contribution in [3.8, 4) is 11.5 Å². The first kappa shape index (κ1) is 22.9. The molecule has 5 heteroatoms. The Morgan fingerprint density at radius 3 is 2.21 bits per heavy atom. The molecule has 4 nitrogen and oxygen atoms in total. The first-order valence-corrected chi connectivity index (χ1v) is 10.6. The molecule has 0 radical (unpaired) electrons. The van der Waals surface area contributed by atoms with Crippen molar-refractivity contribution in [2.45, 2.75) is 78.2 Å². The number of nitrogens with zero attached hydrogens (tertiary/aromatic N) is 3. The minimum absolute atomic E-state index is 0. The van der Waals surface area contributed by atoms with Gasteiger partial charge in [-0.2, -0.15) is 4.98 Å². The fraction of sp³-hybridized carbons (Fsp3) is 0.652. The van der Waals surface area contributed by atoms with Crippen LogP contribution in [0.15, 0.2) is 28.8 Å². The Balaban J connectivity index is 0.00000280. The van der Waals surface area contributed by atoms with Gasteiger partial charge in [0.15, 0.2) is 5.82 Å². The summed E-state index contributed by atoms with van der Waals surface area (Å²) in [6.45, 7) is 13.7. The maximum atomic E-state index is 5.54. The summed E-state index contributed by atoms with van der Waals surface area (Å²) in [4.78, 5) is 7.32. The summed E-state index contributed by atoms with van der Waals surface area (Å²) in [5.74, 6) is 2.16. The largest absolute Gasteiger partial charge is 0.334 e. The highest BCUT2D eigenvalue weighted by Gasteiger charge is 2.24. The maximum Gasteiger partial charge on any atom is 0.257 e. The second-order valence-corrected chi connectivity index (χ2v) is 9.00. The van der Waals surface area contributed by atoms with E-state index in [0.717, 1.165) is 23.9 Å². The molecule has 0 bridgehead atoms. The second kappa shape index (κ2) is 9.89. The Morgan fingerprint density at radius 1 is 1.07 bits per heavy atom. The summed E-state index contributed by atoms with van der Waals surface area (Å²) in [6, 6.07) is 9.25. The van der Waals surface area contributed by atoms with E-state index in [1.54, 1.807) is 0 Å². The van der Waals surface area contributed by atoms with Crippen LogP contribution in [-0.2, 0) is 11.8 Å². The summed E-state index contributed by atoms with van der Waals surface area (Å²) in [6.07, 6.45) is 5.91. The van der Waals surface area contributed by atoms with Crippen molar-refractivity contribution in [1.29, 1.82) is 0 Å². The quantitative estimate of drug-likeness (QED) is 0.600. The molecular formula is C23H36ClN3O. The van der Waals surface area contributed by atoms with E-state index in [1.165, 1.54) is 44.3 Å². The van der Waals surface area contributed by atoms with Crippen LogP contribution in [0.5, 0.6) is 0 Å². The molecule has 0 atom stereocenters. The molecule has 156 valence electrons. The van der Waals surface area contributed by atoms with Gasteiger partial charge < -0.3 is 9.42 Å². The van der Waals surface area contributed by atoms with Crippen LogP contribution in [0.4, 0.5) is 0 Å². The maximum absolute atomic E-state index is 5.54. The number of halogens is 1. The fourth-order valence-electron chi connectivity index (χ4n) is 4.15. The lowest BCUT2D eigenvalue weighted by Crippen LogP contribution is -2.41. The number of aromatic nitrogens is 2. The fourth-order valence-corrected chi connectivity index (χ4v) is 4.15. The van der Waals surface area contributed by atoms with E-state index in [9.17, 15) is 0 Å². The molecule has 0 N–H and O–H groups in total. The van der Waals surface area contributed by atoms with Crippen LogP contribution < -0.4 is 0 Å². The van der Waals surface area contributed by atoms with Gasteiger partial charge in [-0.15, -0.1) is 12.4 Å². The van der Waals surface area contributed by atoms with Gasteiger partial charge in [-0.25, -0.2) is 0 Å². The highest BCUT2D eigenvalue weighted by molar-refractivity contribution is 5.85. The molecule has 0 unspecified atom stereocenters. The highest BCUT2D eigenvalue weighted by atomic mass is 35.5. The van der Waals surface area contributed by atoms with Crippen molar-refractivity contribution >= 4 is 12.4 Å². The van der Waals surface area contributed by atoms with Crippen molar-refractivity contribution in [3.63, 3.8) is 0 Å². The van der Waals surface area contributed by atoms with Gasteiger partial charge in [0.2, 0.25) is 0 Å². The summed E-state index contributed by atoms with van der Waals surface area (Å²) in [5, 5.41) is 4.24. The van der Waals surface area contributed by atoms with E-state index < -0.39 is 0 Å². The molecule has 0 aliphatic carbocycles. The molecule has 1 aromatic carbocycles. The van der Waals surface area contributed by atoms with Gasteiger partial charge in [0, 0.05) is 18.0 Å². The lowest BCUT2D eigenvalue weighted by Gasteiger charge is -2.36. The van der Waals surface area contributed by atoms with Crippen LogP contribution in [-0.4, -0.2) is 34.2 Å². The smallest absolute Gasteiger partial charge is 0.257 e. The zero-order valence-electron chi connectivity index (χ0n) is 18.1. The molecule has 28 heavy (non-hydrogen) atoms. The van der Waals surface area contributed by atoms with E-state index in [1.807, 2.05) is 0 Å². The lowest BCUT2D eigenvalue weighted by molar-refractivity contribution is 0.125. The van der Waals surface area contributed by atoms with Gasteiger partial charge in [0.1, 0.15) is 0 Å². The minimum atomic E-state index is 0. The Bertz CT molecular complexity index is 708. The van der Waals surface area contributed by atoms with Crippen molar-refractivity contribution < 1.29 is 4.52 Å². The summed E-state index contributed by atoms with van der Waals surface area (Å²) >= 11 is 0. The monoisotopic (exact) mass is 405 g/mol. The van der Waals surface area contributed by atoms with Crippen molar-refractivity contribution in [1.82, 2.24) is 15.0 Å². The number of likely N-dealkylation sites (tertiary alicyclic amines) is 1. The van der Waals surface area contributed by atoms with E-state index in [0.29, 0.717) is 11.8 Å². The van der Waals surface area contributed by atoms with Gasteiger partial charge in [0.05, 0.1) is 0 Å². The topological polar surface area (TPSA) is 42.2 Å². The first-order chi connectivity index (χ1) is 12.9. The molecule has 1 saturated heterocycles. The Kier molecular flexibility index (Phi) is 8.08. The molecule has 1 aromatic heterocycles. The minimum Gasteiger partial charge on any atom is -0.334 e. The Labute approximate surface area is 176 Å². The molecular weight excluding hydrogens is 370 g/mol. The molecule has 2 aromatic rings. The average molecular weight is 406 g/mol. The molecule has 2 heterocycles. The Morgan fingerprint density at radius 2 is 1.68 bits per heavy atom. The van der Waals surface area contributed by atoms with Gasteiger partial charge in [0.25, 0.3) is 5.89 Å². The molecule has 0 spiro atoms. The first-order valence-electron chi connectivity index (χ1n) is 10.6. The molecule has 3 rings (SSSR count). The normalized spacial score (nSPS) is 16.4. The van der Waals surface area contributed by atoms with E-state index >= 15 is 0 Å². The van der Waals surface area contributed by atoms with Gasteiger partial charge in [-0.1, -0.05) is 51.9 Å². The van der Waals surface area contributed by atoms with Crippen LogP contribution in [0.2, 0.25) is 0 Å². The number of hydrogen-bond acceptors (Lipinski definition) is 4. The molecule has 1 aliphatic rings. The van der Waals surface area contributed by atoms with Crippen molar-refractivity contribution in [2.75, 3.05) is 13.1 Å². The third-order valence-corrected chi connectivity index (χ3v) is 6.05. The van der Waals surface area contributed by atoms with Gasteiger partial charge >= 0.3 is 0 Å². The molecule has 1 aliphatic heterocycles. The number of hydrogen-bond donors (Lipinski definition) is 0. The number of benzene rings is 1. The lowest BCUT2D eigenvalue weighted by atomic mass is 9.87. The van der Waals surface area contributed by atoms with Crippen molar-refractivity contribution in [2.24, 2.45) is 5.92 Å². The van der Waals surface area contributed by atoms with E-state index in [2.05, 4.69) is 73.9 Å². The van der Waals surface area contributed by atoms with E-state index in [-0.39, 0.29) is 17.8 Å². The third kappa shape index (κ3) is 5.57. The number of piperidine rings is 1. The van der Waals surface area contributed by atoms with Gasteiger partial charge in [-0.05, 0) is 67.8 Å².